The van der Waals surface area contributed by atoms with Crippen molar-refractivity contribution in [2.75, 3.05) is 6.61 Å². The number of aliphatic hydroxyl groups is 3. The summed E-state index contributed by atoms with van der Waals surface area (Å²) in [6.45, 7) is 10.2. The van der Waals surface area contributed by atoms with Gasteiger partial charge in [-0.2, -0.15) is 0 Å². The monoisotopic (exact) mass is 1040 g/mol. The third kappa shape index (κ3) is 12.2. The van der Waals surface area contributed by atoms with Crippen LogP contribution in [0.3, 0.4) is 0 Å². The molecule has 0 spiro atoms. The summed E-state index contributed by atoms with van der Waals surface area (Å²) in [5.74, 6) is -7.50. The third-order valence-electron chi connectivity index (χ3n) is 15.7. The molecule has 0 radical (unpaired) electrons. The second kappa shape index (κ2) is 24.6. The fourth-order valence-electron chi connectivity index (χ4n) is 11.6. The number of nitrogens with one attached hydrogen (secondary N) is 1. The van der Waals surface area contributed by atoms with Crippen molar-refractivity contribution in [3.05, 3.63) is 119 Å². The van der Waals surface area contributed by atoms with Gasteiger partial charge in [-0.05, 0) is 61.2 Å². The number of ether oxygens (including phenoxy) is 5. The van der Waals surface area contributed by atoms with Crippen LogP contribution in [0.1, 0.15) is 151 Å². The number of fused-ring (bicyclic) bond motifs is 5. The molecule has 1 heterocycles. The predicted octanol–water partition coefficient (Wildman–Crippen LogP) is 7.34. The van der Waals surface area contributed by atoms with Crippen molar-refractivity contribution >= 4 is 41.5 Å². The standard InChI is InChI=1S/C47H51NO14.C11H22O2/c1-25-31(60-43(56)36(52)35(28-16-10-7-11-17-28)48-41(54)29-18-12-8-13-19-29)23-47(57)40(61-42(55)30-20-14-9-15-21-30)38-45(6,32(51)22-33-46(38,24-58-33)62-27(3)50)39(53)37(59-26(2)49)34(25)44(47,4)5;1-2-3-4-5-6-7-8-9-10-11(12)13/h7-21,31-33,35-38,40,51-52,57H,22-24H2,1-6H3,(H,48,54);2-10H2,1H3,(H,12,13)/t31-,32-,33+,35-,36+,37+,38-,40-,45+,46-,47+;/m0./s1. The molecular weight excluding hydrogens is 967 g/mol. The number of esters is 4. The minimum Gasteiger partial charge on any atom is -0.481 e. The Balaban J connectivity index is 0.000000620. The summed E-state index contributed by atoms with van der Waals surface area (Å²) in [5.41, 5.74) is -7.02. The van der Waals surface area contributed by atoms with E-state index < -0.39 is 119 Å². The smallest absolute Gasteiger partial charge is 0.338 e. The van der Waals surface area contributed by atoms with Gasteiger partial charge in [-0.15, -0.1) is 0 Å². The molecule has 1 aliphatic heterocycles. The van der Waals surface area contributed by atoms with Gasteiger partial charge in [0.1, 0.15) is 23.9 Å². The van der Waals surface area contributed by atoms with Crippen molar-refractivity contribution in [3.63, 3.8) is 0 Å². The number of rotatable bonds is 19. The molecule has 11 atom stereocenters. The molecule has 5 N–H and O–H groups in total. The maximum absolute atomic E-state index is 15.5. The molecule has 4 aliphatic rings. The van der Waals surface area contributed by atoms with Gasteiger partial charge in [0.2, 0.25) is 0 Å². The van der Waals surface area contributed by atoms with Crippen LogP contribution in [0.2, 0.25) is 0 Å². The quantitative estimate of drug-likeness (QED) is 0.0341. The summed E-state index contributed by atoms with van der Waals surface area (Å²) < 4.78 is 30.3. The highest BCUT2D eigenvalue weighted by atomic mass is 16.6. The number of amides is 1. The number of aliphatic hydroxyl groups excluding tert-OH is 2. The van der Waals surface area contributed by atoms with Crippen LogP contribution in [0.5, 0.6) is 0 Å². The summed E-state index contributed by atoms with van der Waals surface area (Å²) in [7, 11) is 0. The molecule has 17 heteroatoms. The van der Waals surface area contributed by atoms with Crippen molar-refractivity contribution in [1.29, 1.82) is 0 Å². The second-order valence-electron chi connectivity index (χ2n) is 21.0. The molecule has 3 aromatic rings. The van der Waals surface area contributed by atoms with Crippen LogP contribution in [0.25, 0.3) is 0 Å². The molecule has 1 amide bonds. The van der Waals surface area contributed by atoms with Gasteiger partial charge in [-0.3, -0.25) is 24.0 Å². The molecule has 3 aromatic carbocycles. The zero-order valence-electron chi connectivity index (χ0n) is 44.0. The Morgan fingerprint density at radius 3 is 1.87 bits per heavy atom. The van der Waals surface area contributed by atoms with Crippen molar-refractivity contribution in [1.82, 2.24) is 5.32 Å². The van der Waals surface area contributed by atoms with Crippen LogP contribution in [0.15, 0.2) is 102 Å². The highest BCUT2D eigenvalue weighted by Gasteiger charge is 2.78. The van der Waals surface area contributed by atoms with E-state index in [9.17, 15) is 44.1 Å². The SMILES string of the molecule is CC(=O)O[C@H]1C(=O)[C@@]2(C)[C@H]([C@H](OC(=O)c3ccccc3)[C@]3(O)C[C@H](OC(=O)[C@H](O)[C@@H](NC(=O)c4ccccc4)c4ccccc4)C(C)=C1C3(C)C)[C@]1(OC(C)=O)CO[C@@H]1C[C@@H]2O.CCCCCCCCCCC(=O)O. The number of ketones is 1. The number of carboxylic acids is 1. The first-order valence-corrected chi connectivity index (χ1v) is 26.0. The first-order valence-electron chi connectivity index (χ1n) is 26.0. The molecule has 0 unspecified atom stereocenters. The maximum Gasteiger partial charge on any atom is 0.338 e. The minimum absolute atomic E-state index is 0.00289. The lowest BCUT2D eigenvalue weighted by molar-refractivity contribution is -0.346. The average molecular weight is 1040 g/mol. The van der Waals surface area contributed by atoms with Gasteiger partial charge in [0.15, 0.2) is 23.6 Å². The molecule has 1 saturated heterocycles. The Labute approximate surface area is 438 Å². The normalized spacial score (nSPS) is 28.1. The molecule has 0 aromatic heterocycles. The van der Waals surface area contributed by atoms with E-state index in [2.05, 4.69) is 12.2 Å². The van der Waals surface area contributed by atoms with Crippen LogP contribution in [0, 0.1) is 16.7 Å². The van der Waals surface area contributed by atoms with E-state index in [0.717, 1.165) is 26.7 Å². The molecule has 17 nitrogen and oxygen atoms in total. The average Bonchev–Trinajstić information content (AvgIpc) is 3.38. The van der Waals surface area contributed by atoms with Gasteiger partial charge in [0, 0.05) is 44.1 Å². The lowest BCUT2D eigenvalue weighted by Crippen LogP contribution is -2.82. The van der Waals surface area contributed by atoms with Crippen molar-refractivity contribution in [3.8, 4) is 0 Å². The Kier molecular flexibility index (Phi) is 19.0. The Morgan fingerprint density at radius 1 is 0.773 bits per heavy atom. The zero-order valence-corrected chi connectivity index (χ0v) is 44.0. The van der Waals surface area contributed by atoms with Crippen LogP contribution >= 0.6 is 0 Å². The number of unbranched alkanes of at least 4 members (excludes halogenated alkanes) is 7. The zero-order chi connectivity index (χ0) is 54.9. The fraction of sp³-hybridized carbons (Fsp3) is 0.534. The number of carbonyl (C=O) groups is 7. The highest BCUT2D eigenvalue weighted by molar-refractivity contribution is 5.96. The lowest BCUT2D eigenvalue weighted by Gasteiger charge is -2.67. The van der Waals surface area contributed by atoms with Crippen LogP contribution in [-0.2, 0) is 47.7 Å². The number of benzene rings is 3. The maximum atomic E-state index is 15.5. The molecule has 75 heavy (non-hydrogen) atoms. The van der Waals surface area contributed by atoms with Crippen molar-refractivity contribution in [2.24, 2.45) is 16.7 Å². The van der Waals surface area contributed by atoms with Gasteiger partial charge in [-0.25, -0.2) is 9.59 Å². The summed E-state index contributed by atoms with van der Waals surface area (Å²) in [6.07, 6.45) is -0.458. The van der Waals surface area contributed by atoms with E-state index in [-0.39, 0.29) is 35.3 Å². The Bertz CT molecular complexity index is 2550. The summed E-state index contributed by atoms with van der Waals surface area (Å²) in [4.78, 5) is 93.6. The highest BCUT2D eigenvalue weighted by Crippen LogP contribution is 2.64. The predicted molar refractivity (Wildman–Crippen MR) is 273 cm³/mol. The van der Waals surface area contributed by atoms with Gasteiger partial charge >= 0.3 is 29.8 Å². The lowest BCUT2D eigenvalue weighted by atomic mass is 9.44. The van der Waals surface area contributed by atoms with Gasteiger partial charge in [-0.1, -0.05) is 132 Å². The van der Waals surface area contributed by atoms with Crippen molar-refractivity contribution in [2.45, 2.75) is 173 Å². The van der Waals surface area contributed by atoms with E-state index in [1.165, 1.54) is 64.5 Å². The number of hydrogen-bond acceptors (Lipinski definition) is 15. The topological polar surface area (TPSA) is 259 Å². The molecule has 3 fully saturated rings. The molecule has 7 rings (SSSR count). The largest absolute Gasteiger partial charge is 0.481 e. The van der Waals surface area contributed by atoms with E-state index in [1.54, 1.807) is 92.7 Å². The summed E-state index contributed by atoms with van der Waals surface area (Å²) in [6, 6.07) is 22.9. The van der Waals surface area contributed by atoms with Gasteiger partial charge in [0.05, 0.1) is 35.6 Å². The third-order valence-corrected chi connectivity index (χ3v) is 15.7. The number of aliphatic carboxylic acids is 1. The molecule has 3 aliphatic carbocycles. The minimum atomic E-state index is -2.39. The number of carboxylic acid groups (broad SMARTS) is 1. The van der Waals surface area contributed by atoms with Crippen molar-refractivity contribution < 1.29 is 77.7 Å². The van der Waals surface area contributed by atoms with Crippen LogP contribution < -0.4 is 5.32 Å². The summed E-state index contributed by atoms with van der Waals surface area (Å²) >= 11 is 0. The number of carbonyl (C=O) groups excluding carboxylic acids is 6. The van der Waals surface area contributed by atoms with Gasteiger partial charge in [0.25, 0.3) is 5.91 Å². The Hall–Kier alpha value is -6.27. The molecule has 406 valence electrons. The molecule has 2 bridgehead atoms. The van der Waals surface area contributed by atoms with Crippen LogP contribution in [-0.4, -0.2) is 116 Å². The second-order valence-corrected chi connectivity index (χ2v) is 21.0. The van der Waals surface area contributed by atoms with E-state index in [0.29, 0.717) is 12.0 Å². The first kappa shape index (κ1) is 58.0. The fourth-order valence-corrected chi connectivity index (χ4v) is 11.6. The van der Waals surface area contributed by atoms with Crippen LogP contribution in [0.4, 0.5) is 0 Å². The van der Waals surface area contributed by atoms with E-state index >= 15 is 4.79 Å². The number of Topliss-reactive ketones (excluding diaryl/α,β-unsaturated/α-hetero) is 1. The van der Waals surface area contributed by atoms with E-state index in [4.69, 9.17) is 28.8 Å². The molecule has 2 saturated carbocycles. The molecular formula is C58H73NO16. The Morgan fingerprint density at radius 2 is 1.33 bits per heavy atom. The van der Waals surface area contributed by atoms with E-state index in [1.807, 2.05) is 0 Å². The number of hydrogen-bond donors (Lipinski definition) is 5. The summed E-state index contributed by atoms with van der Waals surface area (Å²) in [5, 5.41) is 48.6. The van der Waals surface area contributed by atoms with Gasteiger partial charge < -0.3 is 49.4 Å². The first-order chi connectivity index (χ1) is 35.5.